The van der Waals surface area contributed by atoms with Gasteiger partial charge in [0.2, 0.25) is 0 Å². The molecule has 0 aromatic heterocycles. The second kappa shape index (κ2) is 7.16. The van der Waals surface area contributed by atoms with E-state index in [1.807, 2.05) is 0 Å². The fourth-order valence-corrected chi connectivity index (χ4v) is 2.82. The van der Waals surface area contributed by atoms with Crippen molar-refractivity contribution in [2.45, 2.75) is 56.9 Å². The summed E-state index contributed by atoms with van der Waals surface area (Å²) < 4.78 is 5.64. The summed E-state index contributed by atoms with van der Waals surface area (Å²) in [5, 5.41) is 0.0910. The van der Waals surface area contributed by atoms with Crippen LogP contribution in [0.15, 0.2) is 24.3 Å². The third-order valence-electron chi connectivity index (χ3n) is 3.65. The molecule has 0 radical (unpaired) electrons. The number of rotatable bonds is 6. The average molecular weight is 267 g/mol. The van der Waals surface area contributed by atoms with E-state index in [0.29, 0.717) is 6.10 Å². The largest absolute Gasteiger partial charge is 0.378 e. The highest BCUT2D eigenvalue weighted by Gasteiger charge is 2.20. The Kier molecular flexibility index (Phi) is 5.52. The molecule has 1 aliphatic rings. The highest BCUT2D eigenvalue weighted by atomic mass is 35.5. The molecule has 100 valence electrons. The third-order valence-corrected chi connectivity index (χ3v) is 4.08. The first-order chi connectivity index (χ1) is 8.79. The smallest absolute Gasteiger partial charge is 0.0609 e. The molecule has 1 aliphatic heterocycles. The minimum absolute atomic E-state index is 0.0910. The van der Waals surface area contributed by atoms with Gasteiger partial charge in [0.25, 0.3) is 0 Å². The summed E-state index contributed by atoms with van der Waals surface area (Å²) in [6.45, 7) is 3.13. The molecule has 18 heavy (non-hydrogen) atoms. The van der Waals surface area contributed by atoms with E-state index in [1.54, 1.807) is 0 Å². The first kappa shape index (κ1) is 13.9. The number of hydrogen-bond donors (Lipinski definition) is 0. The molecule has 0 bridgehead atoms. The molecule has 0 N–H and O–H groups in total. The highest BCUT2D eigenvalue weighted by Crippen LogP contribution is 2.30. The molecule has 2 atom stereocenters. The quantitative estimate of drug-likeness (QED) is 0.667. The van der Waals surface area contributed by atoms with Crippen molar-refractivity contribution in [2.75, 3.05) is 6.61 Å². The van der Waals surface area contributed by atoms with E-state index < -0.39 is 0 Å². The zero-order valence-electron chi connectivity index (χ0n) is 11.2. The van der Waals surface area contributed by atoms with Gasteiger partial charge in [0.1, 0.15) is 0 Å². The van der Waals surface area contributed by atoms with Crippen molar-refractivity contribution in [3.63, 3.8) is 0 Å². The number of alkyl halides is 1. The van der Waals surface area contributed by atoms with Crippen LogP contribution in [0.25, 0.3) is 0 Å². The first-order valence-corrected chi connectivity index (χ1v) is 7.57. The van der Waals surface area contributed by atoms with E-state index in [1.165, 1.54) is 36.8 Å². The molecule has 0 amide bonds. The monoisotopic (exact) mass is 266 g/mol. The highest BCUT2D eigenvalue weighted by molar-refractivity contribution is 6.20. The van der Waals surface area contributed by atoms with E-state index in [-0.39, 0.29) is 5.38 Å². The van der Waals surface area contributed by atoms with Gasteiger partial charge in [-0.1, -0.05) is 37.6 Å². The predicted molar refractivity (Wildman–Crippen MR) is 77.2 cm³/mol. The molecular weight excluding hydrogens is 244 g/mol. The Morgan fingerprint density at radius 1 is 1.33 bits per heavy atom. The van der Waals surface area contributed by atoms with Crippen molar-refractivity contribution in [1.29, 1.82) is 0 Å². The van der Waals surface area contributed by atoms with Crippen LogP contribution in [0.3, 0.4) is 0 Å². The number of ether oxygens (including phenoxy) is 1. The van der Waals surface area contributed by atoms with Crippen molar-refractivity contribution in [1.82, 2.24) is 0 Å². The van der Waals surface area contributed by atoms with Crippen molar-refractivity contribution in [2.24, 2.45) is 0 Å². The standard InChI is InChI=1S/C16H23ClO/c1-2-3-5-13-7-9-14(10-8-13)16(17)12-15-6-4-11-18-15/h7-10,15-16H,2-6,11-12H2,1H3. The second-order valence-corrected chi connectivity index (χ2v) is 5.71. The van der Waals surface area contributed by atoms with E-state index in [0.717, 1.165) is 19.4 Å². The van der Waals surface area contributed by atoms with Gasteiger partial charge in [-0.3, -0.25) is 0 Å². The first-order valence-electron chi connectivity index (χ1n) is 7.14. The number of benzene rings is 1. The maximum Gasteiger partial charge on any atom is 0.0609 e. The Morgan fingerprint density at radius 2 is 2.11 bits per heavy atom. The Bertz CT molecular complexity index is 341. The van der Waals surface area contributed by atoms with E-state index in [9.17, 15) is 0 Å². The van der Waals surface area contributed by atoms with Crippen molar-refractivity contribution in [3.8, 4) is 0 Å². The van der Waals surface area contributed by atoms with Gasteiger partial charge in [0, 0.05) is 6.61 Å². The maximum atomic E-state index is 6.46. The van der Waals surface area contributed by atoms with Gasteiger partial charge in [0.15, 0.2) is 0 Å². The molecule has 0 spiro atoms. The average Bonchev–Trinajstić information content (AvgIpc) is 2.89. The van der Waals surface area contributed by atoms with Gasteiger partial charge < -0.3 is 4.74 Å². The van der Waals surface area contributed by atoms with Crippen molar-refractivity contribution < 1.29 is 4.74 Å². The minimum atomic E-state index is 0.0910. The fraction of sp³-hybridized carbons (Fsp3) is 0.625. The number of hydrogen-bond acceptors (Lipinski definition) is 1. The Balaban J connectivity index is 1.87. The lowest BCUT2D eigenvalue weighted by atomic mass is 10.0. The van der Waals surface area contributed by atoms with Gasteiger partial charge in [-0.05, 0) is 43.2 Å². The molecule has 1 nitrogen and oxygen atoms in total. The van der Waals surface area contributed by atoms with Crippen molar-refractivity contribution in [3.05, 3.63) is 35.4 Å². The second-order valence-electron chi connectivity index (χ2n) is 5.18. The molecule has 2 heteroatoms. The molecule has 0 saturated carbocycles. The number of aryl methyl sites for hydroxylation is 1. The van der Waals surface area contributed by atoms with Crippen LogP contribution in [-0.2, 0) is 11.2 Å². The van der Waals surface area contributed by atoms with Crippen LogP contribution in [0.5, 0.6) is 0 Å². The SMILES string of the molecule is CCCCc1ccc(C(Cl)CC2CCCO2)cc1. The molecule has 2 rings (SSSR count). The van der Waals surface area contributed by atoms with E-state index in [2.05, 4.69) is 31.2 Å². The molecular formula is C16H23ClO. The molecule has 1 saturated heterocycles. The van der Waals surface area contributed by atoms with Crippen LogP contribution < -0.4 is 0 Å². The van der Waals surface area contributed by atoms with Crippen LogP contribution in [0.2, 0.25) is 0 Å². The normalized spacial score (nSPS) is 21.1. The van der Waals surface area contributed by atoms with Crippen LogP contribution in [0.4, 0.5) is 0 Å². The van der Waals surface area contributed by atoms with Crippen LogP contribution in [0, 0.1) is 0 Å². The van der Waals surface area contributed by atoms with E-state index in [4.69, 9.17) is 16.3 Å². The topological polar surface area (TPSA) is 9.23 Å². The zero-order valence-corrected chi connectivity index (χ0v) is 12.0. The van der Waals surface area contributed by atoms with Gasteiger partial charge in [-0.2, -0.15) is 0 Å². The summed E-state index contributed by atoms with van der Waals surface area (Å²) in [5.41, 5.74) is 2.65. The summed E-state index contributed by atoms with van der Waals surface area (Å²) in [6, 6.07) is 8.79. The Hall–Kier alpha value is -0.530. The summed E-state index contributed by atoms with van der Waals surface area (Å²) in [6.07, 6.45) is 7.35. The summed E-state index contributed by atoms with van der Waals surface area (Å²) >= 11 is 6.46. The van der Waals surface area contributed by atoms with Crippen LogP contribution >= 0.6 is 11.6 Å². The van der Waals surface area contributed by atoms with Gasteiger partial charge in [0.05, 0.1) is 11.5 Å². The lowest BCUT2D eigenvalue weighted by Crippen LogP contribution is -2.08. The fourth-order valence-electron chi connectivity index (χ4n) is 2.47. The summed E-state index contributed by atoms with van der Waals surface area (Å²) in [4.78, 5) is 0. The maximum absolute atomic E-state index is 6.46. The Morgan fingerprint density at radius 3 is 2.72 bits per heavy atom. The van der Waals surface area contributed by atoms with Gasteiger partial charge in [-0.25, -0.2) is 0 Å². The zero-order chi connectivity index (χ0) is 12.8. The number of unbranched alkanes of at least 4 members (excludes halogenated alkanes) is 1. The minimum Gasteiger partial charge on any atom is -0.378 e. The molecule has 0 aliphatic carbocycles. The molecule has 1 heterocycles. The number of halogens is 1. The van der Waals surface area contributed by atoms with Crippen molar-refractivity contribution >= 4 is 11.6 Å². The van der Waals surface area contributed by atoms with Gasteiger partial charge in [-0.15, -0.1) is 11.6 Å². The summed E-state index contributed by atoms with van der Waals surface area (Å²) in [7, 11) is 0. The molecule has 1 fully saturated rings. The van der Waals surface area contributed by atoms with E-state index >= 15 is 0 Å². The lowest BCUT2D eigenvalue weighted by Gasteiger charge is -2.15. The van der Waals surface area contributed by atoms with Crippen LogP contribution in [0.1, 0.15) is 55.5 Å². The molecule has 1 aromatic carbocycles. The van der Waals surface area contributed by atoms with Gasteiger partial charge >= 0.3 is 0 Å². The third kappa shape index (κ3) is 4.00. The molecule has 1 aromatic rings. The predicted octanol–water partition coefficient (Wildman–Crippen LogP) is 4.88. The lowest BCUT2D eigenvalue weighted by molar-refractivity contribution is 0.103. The molecule has 2 unspecified atom stereocenters. The Labute approximate surface area is 115 Å². The summed E-state index contributed by atoms with van der Waals surface area (Å²) in [5.74, 6) is 0. The van der Waals surface area contributed by atoms with Crippen LogP contribution in [-0.4, -0.2) is 12.7 Å².